The highest BCUT2D eigenvalue weighted by molar-refractivity contribution is 7.09. The molecular formula is C12H13FN2S. The molecule has 2 nitrogen and oxygen atoms in total. The summed E-state index contributed by atoms with van der Waals surface area (Å²) in [6.07, 6.45) is 1.91. The highest BCUT2D eigenvalue weighted by Crippen LogP contribution is 2.23. The second-order valence-electron chi connectivity index (χ2n) is 4.04. The average molecular weight is 236 g/mol. The van der Waals surface area contributed by atoms with Gasteiger partial charge < -0.3 is 5.73 Å². The average Bonchev–Trinajstić information content (AvgIpc) is 2.70. The van der Waals surface area contributed by atoms with Gasteiger partial charge in [-0.25, -0.2) is 4.39 Å². The Morgan fingerprint density at radius 2 is 2.25 bits per heavy atom. The van der Waals surface area contributed by atoms with Gasteiger partial charge in [0.1, 0.15) is 5.82 Å². The van der Waals surface area contributed by atoms with Crippen molar-refractivity contribution in [1.82, 2.24) is 4.98 Å². The summed E-state index contributed by atoms with van der Waals surface area (Å²) in [7, 11) is 0. The quantitative estimate of drug-likeness (QED) is 0.890. The van der Waals surface area contributed by atoms with Gasteiger partial charge >= 0.3 is 0 Å². The number of halogens is 1. The van der Waals surface area contributed by atoms with Crippen LogP contribution in [0.2, 0.25) is 0 Å². The van der Waals surface area contributed by atoms with E-state index in [-0.39, 0.29) is 5.82 Å². The van der Waals surface area contributed by atoms with E-state index >= 15 is 0 Å². The summed E-state index contributed by atoms with van der Waals surface area (Å²) < 4.78 is 12.8. The van der Waals surface area contributed by atoms with Gasteiger partial charge in [0.2, 0.25) is 0 Å². The minimum Gasteiger partial charge on any atom is -0.320 e. The molecule has 16 heavy (non-hydrogen) atoms. The fraction of sp³-hybridized carbons (Fsp3) is 0.250. The van der Waals surface area contributed by atoms with E-state index in [0.717, 1.165) is 0 Å². The zero-order valence-corrected chi connectivity index (χ0v) is 9.80. The molecule has 0 fully saturated rings. The molecule has 0 aliphatic rings. The van der Waals surface area contributed by atoms with E-state index < -0.39 is 5.54 Å². The van der Waals surface area contributed by atoms with Gasteiger partial charge in [0, 0.05) is 11.3 Å². The Morgan fingerprint density at radius 1 is 1.44 bits per heavy atom. The molecule has 84 valence electrons. The first-order valence-corrected chi connectivity index (χ1v) is 5.89. The molecule has 4 heteroatoms. The van der Waals surface area contributed by atoms with Crippen LogP contribution < -0.4 is 5.73 Å². The highest BCUT2D eigenvalue weighted by Gasteiger charge is 2.23. The van der Waals surface area contributed by atoms with E-state index in [4.69, 9.17) is 5.73 Å². The minimum atomic E-state index is -0.557. The Hall–Kier alpha value is -1.26. The summed E-state index contributed by atoms with van der Waals surface area (Å²) in [6.45, 7) is 1.91. The third kappa shape index (κ3) is 2.46. The molecule has 1 unspecified atom stereocenters. The van der Waals surface area contributed by atoms with Crippen molar-refractivity contribution in [2.45, 2.75) is 18.9 Å². The van der Waals surface area contributed by atoms with Crippen LogP contribution in [0.4, 0.5) is 4.39 Å². The maximum Gasteiger partial charge on any atom is 0.141 e. The highest BCUT2D eigenvalue weighted by atomic mass is 32.1. The lowest BCUT2D eigenvalue weighted by molar-refractivity contribution is 0.476. The second kappa shape index (κ2) is 4.31. The van der Waals surface area contributed by atoms with E-state index in [2.05, 4.69) is 4.98 Å². The third-order valence-corrected chi connectivity index (χ3v) is 3.31. The Kier molecular flexibility index (Phi) is 3.03. The van der Waals surface area contributed by atoms with Crippen LogP contribution in [-0.4, -0.2) is 4.98 Å². The molecule has 0 aromatic carbocycles. The Bertz CT molecular complexity index is 448. The molecule has 2 rings (SSSR count). The van der Waals surface area contributed by atoms with Crippen LogP contribution in [0, 0.1) is 5.82 Å². The lowest BCUT2D eigenvalue weighted by Crippen LogP contribution is -2.36. The molecular weight excluding hydrogens is 223 g/mol. The standard InChI is InChI=1S/C12H13FN2S/c1-12(14,7-10-3-2-6-16-10)11-5-4-9(13)8-15-11/h2-6,8H,7,14H2,1H3. The molecule has 2 aromatic rings. The number of nitrogens with two attached hydrogens (primary N) is 1. The fourth-order valence-electron chi connectivity index (χ4n) is 1.58. The van der Waals surface area contributed by atoms with E-state index in [1.165, 1.54) is 17.1 Å². The number of pyridine rings is 1. The predicted molar refractivity (Wildman–Crippen MR) is 63.8 cm³/mol. The predicted octanol–water partition coefficient (Wildman–Crippen LogP) is 2.70. The van der Waals surface area contributed by atoms with E-state index in [0.29, 0.717) is 12.1 Å². The number of hydrogen-bond donors (Lipinski definition) is 1. The number of rotatable bonds is 3. The largest absolute Gasteiger partial charge is 0.320 e. The van der Waals surface area contributed by atoms with Gasteiger partial charge in [0.15, 0.2) is 0 Å². The molecule has 0 aliphatic carbocycles. The van der Waals surface area contributed by atoms with Crippen molar-refractivity contribution in [1.29, 1.82) is 0 Å². The lowest BCUT2D eigenvalue weighted by atomic mass is 9.93. The fourth-order valence-corrected chi connectivity index (χ4v) is 2.45. The maximum absolute atomic E-state index is 12.8. The van der Waals surface area contributed by atoms with Gasteiger partial charge in [-0.15, -0.1) is 11.3 Å². The molecule has 2 heterocycles. The SMILES string of the molecule is CC(N)(Cc1cccs1)c1ccc(F)cn1. The molecule has 2 N–H and O–H groups in total. The minimum absolute atomic E-state index is 0.337. The molecule has 1 atom stereocenters. The van der Waals surface area contributed by atoms with Crippen LogP contribution in [0.15, 0.2) is 35.8 Å². The Balaban J connectivity index is 2.21. The zero-order chi connectivity index (χ0) is 11.6. The van der Waals surface area contributed by atoms with Crippen molar-refractivity contribution in [3.8, 4) is 0 Å². The van der Waals surface area contributed by atoms with Crippen LogP contribution in [0.3, 0.4) is 0 Å². The first-order valence-electron chi connectivity index (χ1n) is 5.01. The topological polar surface area (TPSA) is 38.9 Å². The first-order chi connectivity index (χ1) is 7.58. The number of thiophene rings is 1. The molecule has 0 bridgehead atoms. The van der Waals surface area contributed by atoms with Gasteiger partial charge in [0.25, 0.3) is 0 Å². The summed E-state index contributed by atoms with van der Waals surface area (Å²) in [4.78, 5) is 5.24. The molecule has 0 amide bonds. The first kappa shape index (κ1) is 11.2. The number of hydrogen-bond acceptors (Lipinski definition) is 3. The van der Waals surface area contributed by atoms with Crippen molar-refractivity contribution in [2.75, 3.05) is 0 Å². The lowest BCUT2D eigenvalue weighted by Gasteiger charge is -2.23. The summed E-state index contributed by atoms with van der Waals surface area (Å²) >= 11 is 1.67. The second-order valence-corrected chi connectivity index (χ2v) is 5.07. The van der Waals surface area contributed by atoms with E-state index in [9.17, 15) is 4.39 Å². The van der Waals surface area contributed by atoms with E-state index in [1.807, 2.05) is 24.4 Å². The van der Waals surface area contributed by atoms with Gasteiger partial charge in [-0.2, -0.15) is 0 Å². The van der Waals surface area contributed by atoms with Crippen molar-refractivity contribution in [3.05, 3.63) is 52.2 Å². The molecule has 0 spiro atoms. The third-order valence-electron chi connectivity index (χ3n) is 2.43. The van der Waals surface area contributed by atoms with Crippen LogP contribution in [0.25, 0.3) is 0 Å². The Labute approximate surface area is 97.9 Å². The van der Waals surface area contributed by atoms with Crippen molar-refractivity contribution < 1.29 is 4.39 Å². The van der Waals surface area contributed by atoms with Crippen LogP contribution in [-0.2, 0) is 12.0 Å². The van der Waals surface area contributed by atoms with E-state index in [1.54, 1.807) is 17.4 Å². The van der Waals surface area contributed by atoms with Gasteiger partial charge in [-0.3, -0.25) is 4.98 Å². The van der Waals surface area contributed by atoms with Gasteiger partial charge in [-0.05, 0) is 30.5 Å². The van der Waals surface area contributed by atoms with Crippen molar-refractivity contribution >= 4 is 11.3 Å². The summed E-state index contributed by atoms with van der Waals surface area (Å²) in [5, 5.41) is 2.02. The molecule has 0 saturated carbocycles. The number of nitrogens with zero attached hydrogens (tertiary/aromatic N) is 1. The molecule has 2 aromatic heterocycles. The summed E-state index contributed by atoms with van der Waals surface area (Å²) in [5.74, 6) is -0.337. The van der Waals surface area contributed by atoms with Gasteiger partial charge in [-0.1, -0.05) is 6.07 Å². The maximum atomic E-state index is 12.8. The van der Waals surface area contributed by atoms with Gasteiger partial charge in [0.05, 0.1) is 17.4 Å². The summed E-state index contributed by atoms with van der Waals surface area (Å²) in [5.41, 5.74) is 6.35. The van der Waals surface area contributed by atoms with Crippen LogP contribution >= 0.6 is 11.3 Å². The molecule has 0 aliphatic heterocycles. The zero-order valence-electron chi connectivity index (χ0n) is 8.98. The molecule has 0 saturated heterocycles. The molecule has 0 radical (unpaired) electrons. The summed E-state index contributed by atoms with van der Waals surface area (Å²) in [6, 6.07) is 7.07. The Morgan fingerprint density at radius 3 is 2.81 bits per heavy atom. The van der Waals surface area contributed by atoms with Crippen molar-refractivity contribution in [2.24, 2.45) is 5.73 Å². The monoisotopic (exact) mass is 236 g/mol. The number of aromatic nitrogens is 1. The van der Waals surface area contributed by atoms with Crippen molar-refractivity contribution in [3.63, 3.8) is 0 Å². The smallest absolute Gasteiger partial charge is 0.141 e. The van der Waals surface area contributed by atoms with Crippen LogP contribution in [0.1, 0.15) is 17.5 Å². The van der Waals surface area contributed by atoms with Crippen LogP contribution in [0.5, 0.6) is 0 Å². The normalized spacial score (nSPS) is 14.7.